The van der Waals surface area contributed by atoms with Crippen LogP contribution in [0.5, 0.6) is 0 Å². The van der Waals surface area contributed by atoms with Gasteiger partial charge in [-0.05, 0) is 12.5 Å². The van der Waals surface area contributed by atoms with Gasteiger partial charge in [0.05, 0.1) is 0 Å². The Bertz CT molecular complexity index is 612. The highest BCUT2D eigenvalue weighted by Crippen LogP contribution is 2.13. The number of hydrogen-bond acceptors (Lipinski definition) is 7. The van der Waals surface area contributed by atoms with E-state index in [4.69, 9.17) is 0 Å². The van der Waals surface area contributed by atoms with Gasteiger partial charge in [-0.2, -0.15) is 0 Å². The Morgan fingerprint density at radius 3 is 2.52 bits per heavy atom. The highest BCUT2D eigenvalue weighted by Gasteiger charge is 2.04. The minimum atomic E-state index is -0.262. The molecule has 0 fully saturated rings. The Balaban J connectivity index is 1.94. The zero-order valence-electron chi connectivity index (χ0n) is 11.5. The van der Waals surface area contributed by atoms with Gasteiger partial charge in [0, 0.05) is 18.8 Å². The van der Waals surface area contributed by atoms with Crippen LogP contribution in [0.4, 0.5) is 0 Å². The normalized spacial score (nSPS) is 9.95. The summed E-state index contributed by atoms with van der Waals surface area (Å²) >= 11 is 0. The summed E-state index contributed by atoms with van der Waals surface area (Å²) in [7, 11) is 0. The molecule has 1 amide bonds. The van der Waals surface area contributed by atoms with Crippen molar-refractivity contribution >= 4 is 12.6 Å². The predicted molar refractivity (Wildman–Crippen MR) is 75.1 cm³/mol. The van der Waals surface area contributed by atoms with E-state index in [9.17, 15) is 4.79 Å². The van der Waals surface area contributed by atoms with E-state index in [-0.39, 0.29) is 12.5 Å². The molecule has 2 aromatic rings. The summed E-state index contributed by atoms with van der Waals surface area (Å²) < 4.78 is 0. The Hall–Kier alpha value is -2.90. The van der Waals surface area contributed by atoms with Gasteiger partial charge in [0.25, 0.3) is 5.91 Å². The number of aromatic nitrogens is 4. The fourth-order valence-corrected chi connectivity index (χ4v) is 1.52. The molecule has 1 heterocycles. The van der Waals surface area contributed by atoms with E-state index in [1.165, 1.54) is 0 Å². The van der Waals surface area contributed by atoms with Crippen LogP contribution < -0.4 is 5.32 Å². The topological polar surface area (TPSA) is 102 Å². The molecule has 1 aromatic carbocycles. The maximum absolute atomic E-state index is 11.3. The quantitative estimate of drug-likeness (QED) is 0.612. The van der Waals surface area contributed by atoms with Gasteiger partial charge in [-0.1, -0.05) is 24.3 Å². The van der Waals surface area contributed by atoms with Crippen LogP contribution in [0.15, 0.2) is 29.4 Å². The van der Waals surface area contributed by atoms with Crippen LogP contribution >= 0.6 is 0 Å². The standard InChI is InChI=1S/C13H14N6O2/c1-9-16-18-13(19-17-9)11-5-3-10(4-6-11)7-15-12(20)8-21-14-2/h3-6H,2,7-8H2,1H3,(H,15,20). The molecule has 8 nitrogen and oxygen atoms in total. The summed E-state index contributed by atoms with van der Waals surface area (Å²) in [6.45, 7) is 5.09. The maximum Gasteiger partial charge on any atom is 0.261 e. The number of aryl methyl sites for hydroxylation is 1. The molecule has 0 aliphatic rings. The summed E-state index contributed by atoms with van der Waals surface area (Å²) in [6.07, 6.45) is 0. The Morgan fingerprint density at radius 1 is 1.24 bits per heavy atom. The van der Waals surface area contributed by atoms with E-state index in [0.717, 1.165) is 11.1 Å². The summed E-state index contributed by atoms with van der Waals surface area (Å²) in [4.78, 5) is 15.9. The minimum absolute atomic E-state index is 0.143. The van der Waals surface area contributed by atoms with Crippen LogP contribution in [0.3, 0.4) is 0 Å². The number of nitrogens with zero attached hydrogens (tertiary/aromatic N) is 5. The lowest BCUT2D eigenvalue weighted by molar-refractivity contribution is -0.125. The molecule has 108 valence electrons. The second-order valence-corrected chi connectivity index (χ2v) is 4.15. The van der Waals surface area contributed by atoms with Crippen LogP contribution in [0.2, 0.25) is 0 Å². The van der Waals surface area contributed by atoms with E-state index in [2.05, 4.69) is 42.4 Å². The molecule has 1 N–H and O–H groups in total. The van der Waals surface area contributed by atoms with Crippen molar-refractivity contribution in [2.75, 3.05) is 6.61 Å². The van der Waals surface area contributed by atoms with Crippen molar-refractivity contribution in [3.63, 3.8) is 0 Å². The minimum Gasteiger partial charge on any atom is -0.386 e. The van der Waals surface area contributed by atoms with Crippen LogP contribution in [-0.4, -0.2) is 39.6 Å². The zero-order chi connectivity index (χ0) is 15.1. The van der Waals surface area contributed by atoms with Gasteiger partial charge in [-0.15, -0.1) is 25.6 Å². The lowest BCUT2D eigenvalue weighted by atomic mass is 10.1. The van der Waals surface area contributed by atoms with Crippen molar-refractivity contribution in [3.05, 3.63) is 35.7 Å². The predicted octanol–water partition coefficient (Wildman–Crippen LogP) is 0.490. The lowest BCUT2D eigenvalue weighted by Gasteiger charge is -2.05. The van der Waals surface area contributed by atoms with Crippen molar-refractivity contribution in [1.29, 1.82) is 0 Å². The summed E-state index contributed by atoms with van der Waals surface area (Å²) in [5, 5.41) is 21.5. The fraction of sp³-hybridized carbons (Fsp3) is 0.231. The van der Waals surface area contributed by atoms with Gasteiger partial charge >= 0.3 is 0 Å². The molecule has 0 saturated carbocycles. The number of carbonyl (C=O) groups is 1. The second-order valence-electron chi connectivity index (χ2n) is 4.15. The number of carbonyl (C=O) groups excluding carboxylic acids is 1. The Kier molecular flexibility index (Phi) is 4.86. The van der Waals surface area contributed by atoms with E-state index in [1.807, 2.05) is 24.3 Å². The largest absolute Gasteiger partial charge is 0.386 e. The average molecular weight is 286 g/mol. The number of oxime groups is 1. The van der Waals surface area contributed by atoms with Gasteiger partial charge < -0.3 is 10.2 Å². The van der Waals surface area contributed by atoms with Gasteiger partial charge in [-0.25, -0.2) is 0 Å². The molecule has 0 spiro atoms. The van der Waals surface area contributed by atoms with E-state index in [1.54, 1.807) is 6.92 Å². The Morgan fingerprint density at radius 2 is 1.90 bits per heavy atom. The van der Waals surface area contributed by atoms with Crippen molar-refractivity contribution in [2.24, 2.45) is 5.16 Å². The van der Waals surface area contributed by atoms with Crippen molar-refractivity contribution in [2.45, 2.75) is 13.5 Å². The first-order valence-electron chi connectivity index (χ1n) is 6.17. The number of rotatable bonds is 6. The number of nitrogens with one attached hydrogen (secondary N) is 1. The highest BCUT2D eigenvalue weighted by atomic mass is 16.6. The number of amides is 1. The summed E-state index contributed by atoms with van der Waals surface area (Å²) in [5.41, 5.74) is 1.75. The van der Waals surface area contributed by atoms with Gasteiger partial charge in [0.1, 0.15) is 0 Å². The first-order valence-corrected chi connectivity index (χ1v) is 6.17. The molecule has 0 radical (unpaired) electrons. The highest BCUT2D eigenvalue weighted by molar-refractivity contribution is 5.77. The molecule has 0 bridgehead atoms. The monoisotopic (exact) mass is 286 g/mol. The average Bonchev–Trinajstić information content (AvgIpc) is 2.52. The van der Waals surface area contributed by atoms with Crippen LogP contribution in [0.1, 0.15) is 11.4 Å². The molecule has 21 heavy (non-hydrogen) atoms. The number of benzene rings is 1. The van der Waals surface area contributed by atoms with E-state index < -0.39 is 0 Å². The van der Waals surface area contributed by atoms with E-state index in [0.29, 0.717) is 18.2 Å². The smallest absolute Gasteiger partial charge is 0.261 e. The Labute approximate surface area is 121 Å². The second kappa shape index (κ2) is 7.04. The molecule has 8 heteroatoms. The molecule has 0 aliphatic carbocycles. The molecule has 0 unspecified atom stereocenters. The van der Waals surface area contributed by atoms with Crippen LogP contribution in [-0.2, 0) is 16.2 Å². The van der Waals surface area contributed by atoms with Gasteiger partial charge in [-0.3, -0.25) is 4.79 Å². The van der Waals surface area contributed by atoms with Crippen LogP contribution in [0, 0.1) is 6.92 Å². The van der Waals surface area contributed by atoms with Crippen LogP contribution in [0.25, 0.3) is 11.4 Å². The molecular formula is C13H14N6O2. The molecule has 0 atom stereocenters. The molecule has 0 aliphatic heterocycles. The summed E-state index contributed by atoms with van der Waals surface area (Å²) in [6, 6.07) is 7.42. The third-order valence-electron chi connectivity index (χ3n) is 2.57. The van der Waals surface area contributed by atoms with Gasteiger partial charge in [0.2, 0.25) is 5.82 Å². The van der Waals surface area contributed by atoms with Crippen molar-refractivity contribution < 1.29 is 9.63 Å². The molecular weight excluding hydrogens is 272 g/mol. The zero-order valence-corrected chi connectivity index (χ0v) is 11.5. The third-order valence-corrected chi connectivity index (χ3v) is 2.57. The summed E-state index contributed by atoms with van der Waals surface area (Å²) in [5.74, 6) is 0.720. The third kappa shape index (κ3) is 4.30. The maximum atomic E-state index is 11.3. The number of hydrogen-bond donors (Lipinski definition) is 1. The first-order chi connectivity index (χ1) is 10.2. The van der Waals surface area contributed by atoms with Crippen molar-refractivity contribution in [1.82, 2.24) is 25.7 Å². The first kappa shape index (κ1) is 14.5. The lowest BCUT2D eigenvalue weighted by Crippen LogP contribution is -2.26. The van der Waals surface area contributed by atoms with Crippen molar-refractivity contribution in [3.8, 4) is 11.4 Å². The fourth-order valence-electron chi connectivity index (χ4n) is 1.52. The molecule has 0 saturated heterocycles. The SMILES string of the molecule is C=NOCC(=O)NCc1ccc(-c2nnc(C)nn2)cc1. The van der Waals surface area contributed by atoms with Gasteiger partial charge in [0.15, 0.2) is 12.4 Å². The van der Waals surface area contributed by atoms with E-state index >= 15 is 0 Å². The molecule has 2 rings (SSSR count). The molecule has 1 aromatic heterocycles.